The molecule has 0 saturated carbocycles. The Kier molecular flexibility index (Phi) is 2.97. The van der Waals surface area contributed by atoms with Crippen molar-refractivity contribution >= 4 is 9.92 Å². The Bertz CT molecular complexity index is 247. The molecule has 0 aliphatic heterocycles. The SMILES string of the molecule is CC(C)(C)C(C)(C)NS(C)(=N)=O. The van der Waals surface area contributed by atoms with Crippen molar-refractivity contribution in [3.8, 4) is 0 Å². The van der Waals surface area contributed by atoms with Crippen molar-refractivity contribution in [1.82, 2.24) is 4.72 Å². The van der Waals surface area contributed by atoms with Gasteiger partial charge in [-0.3, -0.25) is 0 Å². The van der Waals surface area contributed by atoms with Crippen molar-refractivity contribution in [2.45, 2.75) is 40.2 Å². The summed E-state index contributed by atoms with van der Waals surface area (Å²) >= 11 is 0. The highest BCUT2D eigenvalue weighted by Gasteiger charge is 2.34. The fraction of sp³-hybridized carbons (Fsp3) is 1.00. The highest BCUT2D eigenvalue weighted by atomic mass is 32.2. The summed E-state index contributed by atoms with van der Waals surface area (Å²) in [6.07, 6.45) is 1.40. The molecule has 0 aromatic rings. The first-order valence-corrected chi connectivity index (χ1v) is 5.95. The molecule has 1 unspecified atom stereocenters. The van der Waals surface area contributed by atoms with Crippen molar-refractivity contribution in [1.29, 1.82) is 4.78 Å². The van der Waals surface area contributed by atoms with Gasteiger partial charge in [-0.15, -0.1) is 0 Å². The molecule has 0 radical (unpaired) electrons. The third-order valence-electron chi connectivity index (χ3n) is 2.32. The second-order valence-electron chi connectivity index (χ2n) is 4.82. The van der Waals surface area contributed by atoms with Gasteiger partial charge in [0.25, 0.3) is 0 Å². The Morgan fingerprint density at radius 1 is 1.17 bits per heavy atom. The molecular formula is C8H20N2OS. The Morgan fingerprint density at radius 2 is 1.50 bits per heavy atom. The van der Waals surface area contributed by atoms with Crippen LogP contribution in [-0.2, 0) is 9.92 Å². The first-order valence-electron chi connectivity index (χ1n) is 3.98. The summed E-state index contributed by atoms with van der Waals surface area (Å²) in [6, 6.07) is 0. The van der Waals surface area contributed by atoms with Gasteiger partial charge < -0.3 is 0 Å². The first-order chi connectivity index (χ1) is 4.96. The molecule has 0 aromatic carbocycles. The molecule has 0 amide bonds. The molecule has 0 bridgehead atoms. The largest absolute Gasteiger partial charge is 0.241 e. The summed E-state index contributed by atoms with van der Waals surface area (Å²) < 4.78 is 21.3. The number of hydrogen-bond acceptors (Lipinski definition) is 2. The molecule has 2 N–H and O–H groups in total. The van der Waals surface area contributed by atoms with E-state index in [9.17, 15) is 4.21 Å². The molecule has 0 fully saturated rings. The van der Waals surface area contributed by atoms with Crippen LogP contribution in [0.2, 0.25) is 0 Å². The summed E-state index contributed by atoms with van der Waals surface area (Å²) in [5.41, 5.74) is -0.298. The topological polar surface area (TPSA) is 53.0 Å². The molecule has 4 heteroatoms. The van der Waals surface area contributed by atoms with Gasteiger partial charge in [0.05, 0.1) is 0 Å². The summed E-state index contributed by atoms with van der Waals surface area (Å²) in [5.74, 6) is 0. The van der Waals surface area contributed by atoms with Crippen molar-refractivity contribution in [2.75, 3.05) is 6.26 Å². The van der Waals surface area contributed by atoms with E-state index >= 15 is 0 Å². The third-order valence-corrected chi connectivity index (χ3v) is 3.22. The van der Waals surface area contributed by atoms with Crippen molar-refractivity contribution in [3.63, 3.8) is 0 Å². The lowest BCUT2D eigenvalue weighted by Crippen LogP contribution is -2.51. The van der Waals surface area contributed by atoms with Crippen LogP contribution < -0.4 is 4.72 Å². The fourth-order valence-electron chi connectivity index (χ4n) is 0.640. The third kappa shape index (κ3) is 3.54. The minimum absolute atomic E-state index is 0.00722. The van der Waals surface area contributed by atoms with Crippen LogP contribution >= 0.6 is 0 Å². The quantitative estimate of drug-likeness (QED) is 0.690. The van der Waals surface area contributed by atoms with Gasteiger partial charge >= 0.3 is 0 Å². The second kappa shape index (κ2) is 3.00. The Labute approximate surface area is 76.0 Å². The van der Waals surface area contributed by atoms with E-state index in [4.69, 9.17) is 4.78 Å². The average molecular weight is 192 g/mol. The van der Waals surface area contributed by atoms with E-state index < -0.39 is 9.92 Å². The van der Waals surface area contributed by atoms with Crippen LogP contribution in [0.25, 0.3) is 0 Å². The molecule has 1 atom stereocenters. The maximum absolute atomic E-state index is 11.2. The van der Waals surface area contributed by atoms with Gasteiger partial charge in [0, 0.05) is 11.8 Å². The van der Waals surface area contributed by atoms with E-state index in [1.165, 1.54) is 6.26 Å². The maximum Gasteiger partial charge on any atom is 0.102 e. The van der Waals surface area contributed by atoms with Crippen LogP contribution in [0, 0.1) is 10.2 Å². The second-order valence-corrected chi connectivity index (χ2v) is 6.71. The highest BCUT2D eigenvalue weighted by molar-refractivity contribution is 7.89. The van der Waals surface area contributed by atoms with Gasteiger partial charge in [-0.25, -0.2) is 13.7 Å². The first kappa shape index (κ1) is 11.9. The van der Waals surface area contributed by atoms with Crippen LogP contribution in [0.5, 0.6) is 0 Å². The smallest absolute Gasteiger partial charge is 0.102 e. The van der Waals surface area contributed by atoms with Gasteiger partial charge in [-0.1, -0.05) is 20.8 Å². The van der Waals surface area contributed by atoms with E-state index in [1.807, 2.05) is 13.8 Å². The summed E-state index contributed by atoms with van der Waals surface area (Å²) in [5, 5.41) is 0. The van der Waals surface area contributed by atoms with Crippen LogP contribution in [0.4, 0.5) is 0 Å². The lowest BCUT2D eigenvalue weighted by atomic mass is 9.77. The molecule has 0 spiro atoms. The number of rotatable bonds is 2. The van der Waals surface area contributed by atoms with E-state index in [2.05, 4.69) is 25.5 Å². The van der Waals surface area contributed by atoms with Crippen LogP contribution in [0.15, 0.2) is 0 Å². The Hall–Kier alpha value is -0.0900. The monoisotopic (exact) mass is 192 g/mol. The minimum atomic E-state index is -2.61. The van der Waals surface area contributed by atoms with Gasteiger partial charge in [-0.2, -0.15) is 0 Å². The molecule has 0 heterocycles. The van der Waals surface area contributed by atoms with Gasteiger partial charge in [0.2, 0.25) is 0 Å². The van der Waals surface area contributed by atoms with Gasteiger partial charge in [-0.05, 0) is 19.3 Å². The summed E-state index contributed by atoms with van der Waals surface area (Å²) in [6.45, 7) is 10.1. The zero-order chi connectivity index (χ0) is 10.2. The molecule has 0 aromatic heterocycles. The molecule has 12 heavy (non-hydrogen) atoms. The van der Waals surface area contributed by atoms with E-state index in [0.29, 0.717) is 0 Å². The predicted molar refractivity (Wildman–Crippen MR) is 53.5 cm³/mol. The Morgan fingerprint density at radius 3 is 1.58 bits per heavy atom. The zero-order valence-corrected chi connectivity index (χ0v) is 9.63. The fourth-order valence-corrected chi connectivity index (χ4v) is 1.92. The molecule has 0 aliphatic carbocycles. The lowest BCUT2D eigenvalue weighted by Gasteiger charge is -2.39. The van der Waals surface area contributed by atoms with E-state index in [-0.39, 0.29) is 11.0 Å². The molecular weight excluding hydrogens is 172 g/mol. The zero-order valence-electron chi connectivity index (χ0n) is 8.82. The Balaban J connectivity index is 4.67. The highest BCUT2D eigenvalue weighted by Crippen LogP contribution is 2.29. The molecule has 0 saturated heterocycles. The maximum atomic E-state index is 11.2. The van der Waals surface area contributed by atoms with Crippen molar-refractivity contribution in [3.05, 3.63) is 0 Å². The van der Waals surface area contributed by atoms with Crippen LogP contribution in [0.3, 0.4) is 0 Å². The predicted octanol–water partition coefficient (Wildman–Crippen LogP) is 1.99. The molecule has 0 aliphatic rings. The van der Waals surface area contributed by atoms with Crippen LogP contribution in [-0.4, -0.2) is 16.0 Å². The van der Waals surface area contributed by atoms with E-state index in [1.54, 1.807) is 0 Å². The molecule has 0 rings (SSSR count). The van der Waals surface area contributed by atoms with E-state index in [0.717, 1.165) is 0 Å². The normalized spacial score (nSPS) is 18.8. The number of nitrogens with one attached hydrogen (secondary N) is 2. The summed E-state index contributed by atoms with van der Waals surface area (Å²) in [7, 11) is -2.61. The van der Waals surface area contributed by atoms with Gasteiger partial charge in [0.1, 0.15) is 9.92 Å². The van der Waals surface area contributed by atoms with Crippen LogP contribution in [0.1, 0.15) is 34.6 Å². The van der Waals surface area contributed by atoms with Gasteiger partial charge in [0.15, 0.2) is 0 Å². The lowest BCUT2D eigenvalue weighted by molar-refractivity contribution is 0.210. The molecule has 3 nitrogen and oxygen atoms in total. The standard InChI is InChI=1S/C8H20N2OS/c1-7(2,3)8(4,5)10-12(6,9)11/h1-6H3,(H2,9,10,11). The number of hydrogen-bond donors (Lipinski definition) is 2. The van der Waals surface area contributed by atoms with Crippen molar-refractivity contribution in [2.24, 2.45) is 5.41 Å². The summed E-state index contributed by atoms with van der Waals surface area (Å²) in [4.78, 5) is 0. The van der Waals surface area contributed by atoms with Crippen molar-refractivity contribution < 1.29 is 4.21 Å². The average Bonchev–Trinajstić information content (AvgIpc) is 1.52. The molecule has 74 valence electrons. The minimum Gasteiger partial charge on any atom is -0.241 e.